The molecule has 0 aliphatic heterocycles. The molecule has 0 aliphatic carbocycles. The van der Waals surface area contributed by atoms with Crippen LogP contribution in [0, 0.1) is 18.3 Å². The number of nitrogens with two attached hydrogens (primary N) is 1. The quantitative estimate of drug-likeness (QED) is 0.416. The Bertz CT molecular complexity index is 1280. The van der Waals surface area contributed by atoms with Crippen molar-refractivity contribution in [3.63, 3.8) is 0 Å². The summed E-state index contributed by atoms with van der Waals surface area (Å²) in [4.78, 5) is 11.6. The summed E-state index contributed by atoms with van der Waals surface area (Å²) in [5, 5.41) is 14.2. The number of hydrogen-bond acceptors (Lipinski definition) is 6. The van der Waals surface area contributed by atoms with Gasteiger partial charge in [0, 0.05) is 53.5 Å². The summed E-state index contributed by atoms with van der Waals surface area (Å²) in [5.41, 5.74) is 11.4. The molecule has 0 saturated carbocycles. The third-order valence-electron chi connectivity index (χ3n) is 4.94. The molecule has 3 heterocycles. The maximum absolute atomic E-state index is 9.64. The van der Waals surface area contributed by atoms with E-state index in [2.05, 4.69) is 33.3 Å². The number of rotatable bonds is 7. The Morgan fingerprint density at radius 2 is 2.03 bits per heavy atom. The van der Waals surface area contributed by atoms with Crippen LogP contribution in [0.4, 0.5) is 11.4 Å². The van der Waals surface area contributed by atoms with Crippen molar-refractivity contribution in [3.8, 4) is 11.8 Å². The van der Waals surface area contributed by atoms with Gasteiger partial charge in [-0.15, -0.1) is 0 Å². The van der Waals surface area contributed by atoms with Crippen LogP contribution >= 0.6 is 0 Å². The van der Waals surface area contributed by atoms with E-state index in [0.717, 1.165) is 33.3 Å². The highest BCUT2D eigenvalue weighted by atomic mass is 16.5. The minimum Gasteiger partial charge on any atom is -0.491 e. The topological polar surface area (TPSA) is 113 Å². The van der Waals surface area contributed by atoms with Crippen LogP contribution in [0.25, 0.3) is 23.1 Å². The van der Waals surface area contributed by atoms with Crippen molar-refractivity contribution < 1.29 is 4.74 Å². The molecule has 7 heteroatoms. The number of pyridine rings is 2. The first-order valence-electron chi connectivity index (χ1n) is 9.87. The molecule has 31 heavy (non-hydrogen) atoms. The summed E-state index contributed by atoms with van der Waals surface area (Å²) >= 11 is 0. The van der Waals surface area contributed by atoms with Gasteiger partial charge in [0.05, 0.1) is 17.4 Å². The average molecular weight is 410 g/mol. The zero-order valence-corrected chi connectivity index (χ0v) is 17.1. The summed E-state index contributed by atoms with van der Waals surface area (Å²) in [6, 6.07) is 10.2. The molecular weight excluding hydrogens is 388 g/mol. The number of hydrogen-bond donors (Lipinski definition) is 3. The average Bonchev–Trinajstić information content (AvgIpc) is 3.28. The predicted octanol–water partition coefficient (Wildman–Crippen LogP) is 4.39. The molecule has 4 N–H and O–H groups in total. The van der Waals surface area contributed by atoms with Crippen LogP contribution in [0.15, 0.2) is 55.2 Å². The molecule has 0 amide bonds. The van der Waals surface area contributed by atoms with E-state index >= 15 is 0 Å². The maximum atomic E-state index is 9.64. The molecule has 7 nitrogen and oxygen atoms in total. The third-order valence-corrected chi connectivity index (χ3v) is 4.94. The highest BCUT2D eigenvalue weighted by molar-refractivity contribution is 5.90. The van der Waals surface area contributed by atoms with Gasteiger partial charge >= 0.3 is 0 Å². The molecule has 0 fully saturated rings. The molecule has 3 aromatic heterocycles. The van der Waals surface area contributed by atoms with Gasteiger partial charge in [0.2, 0.25) is 0 Å². The SMILES string of the molecule is Cc1c(Nc2c(C#N)cncc2C=Cc2cncc(OCCN)c2)ccc2[nH]ccc12. The molecule has 1 aromatic carbocycles. The van der Waals surface area contributed by atoms with Crippen molar-refractivity contribution >= 4 is 34.4 Å². The van der Waals surface area contributed by atoms with Gasteiger partial charge in [-0.05, 0) is 42.3 Å². The number of H-pyrrole nitrogens is 1. The van der Waals surface area contributed by atoms with E-state index in [1.54, 1.807) is 24.8 Å². The molecule has 0 aliphatic rings. The lowest BCUT2D eigenvalue weighted by atomic mass is 10.1. The standard InChI is InChI=1S/C24H22N6O/c1-16-21-6-8-29-23(21)5-4-22(16)30-24-18(13-28-14-19(24)11-26)3-2-17-10-20(15-27-12-17)31-9-7-25/h2-6,8,10,12-15,29H,7,9,25H2,1H3,(H,28,30). The van der Waals surface area contributed by atoms with E-state index in [0.29, 0.717) is 30.2 Å². The Kier molecular flexibility index (Phi) is 5.92. The van der Waals surface area contributed by atoms with Crippen LogP contribution in [0.2, 0.25) is 0 Å². The number of nitriles is 1. The predicted molar refractivity (Wildman–Crippen MR) is 123 cm³/mol. The van der Waals surface area contributed by atoms with Gasteiger partial charge < -0.3 is 20.8 Å². The van der Waals surface area contributed by atoms with Gasteiger partial charge in [0.1, 0.15) is 18.4 Å². The Morgan fingerprint density at radius 3 is 2.87 bits per heavy atom. The minimum absolute atomic E-state index is 0.432. The smallest absolute Gasteiger partial charge is 0.138 e. The lowest BCUT2D eigenvalue weighted by Gasteiger charge is -2.14. The summed E-state index contributed by atoms with van der Waals surface area (Å²) in [6.07, 6.45) is 12.4. The summed E-state index contributed by atoms with van der Waals surface area (Å²) in [5.74, 6) is 0.658. The van der Waals surface area contributed by atoms with Crippen LogP contribution in [-0.2, 0) is 0 Å². The third kappa shape index (κ3) is 4.39. The number of aryl methyl sites for hydroxylation is 1. The number of nitrogens with zero attached hydrogens (tertiary/aromatic N) is 3. The first-order chi connectivity index (χ1) is 15.2. The number of ether oxygens (including phenoxy) is 1. The largest absolute Gasteiger partial charge is 0.491 e. The second-order valence-electron chi connectivity index (χ2n) is 6.99. The fraction of sp³-hybridized carbons (Fsp3) is 0.125. The molecule has 0 atom stereocenters. The second kappa shape index (κ2) is 9.11. The molecule has 0 unspecified atom stereocenters. The summed E-state index contributed by atoms with van der Waals surface area (Å²) < 4.78 is 5.54. The number of anilines is 2. The van der Waals surface area contributed by atoms with Gasteiger partial charge in [0.25, 0.3) is 0 Å². The number of nitrogens with one attached hydrogen (secondary N) is 2. The monoisotopic (exact) mass is 410 g/mol. The normalized spacial score (nSPS) is 11.0. The van der Waals surface area contributed by atoms with Crippen molar-refractivity contribution in [1.82, 2.24) is 15.0 Å². The zero-order valence-electron chi connectivity index (χ0n) is 17.1. The van der Waals surface area contributed by atoms with Crippen LogP contribution in [-0.4, -0.2) is 28.1 Å². The number of aromatic amines is 1. The van der Waals surface area contributed by atoms with Crippen LogP contribution < -0.4 is 15.8 Å². The first-order valence-corrected chi connectivity index (χ1v) is 9.87. The van der Waals surface area contributed by atoms with Crippen molar-refractivity contribution in [1.29, 1.82) is 5.26 Å². The molecule has 0 spiro atoms. The molecular formula is C24H22N6O. The number of fused-ring (bicyclic) bond motifs is 1. The Morgan fingerprint density at radius 1 is 1.16 bits per heavy atom. The van der Waals surface area contributed by atoms with Gasteiger partial charge in [0.15, 0.2) is 0 Å². The van der Waals surface area contributed by atoms with Crippen molar-refractivity contribution in [3.05, 3.63) is 77.5 Å². The maximum Gasteiger partial charge on any atom is 0.138 e. The molecule has 0 saturated heterocycles. The highest BCUT2D eigenvalue weighted by Crippen LogP contribution is 2.31. The van der Waals surface area contributed by atoms with E-state index in [4.69, 9.17) is 10.5 Å². The number of aromatic nitrogens is 3. The van der Waals surface area contributed by atoms with E-state index < -0.39 is 0 Å². The van der Waals surface area contributed by atoms with E-state index in [9.17, 15) is 5.26 Å². The molecule has 4 rings (SSSR count). The molecule has 0 radical (unpaired) electrons. The van der Waals surface area contributed by atoms with Gasteiger partial charge in [-0.3, -0.25) is 9.97 Å². The van der Waals surface area contributed by atoms with E-state index in [-0.39, 0.29) is 0 Å². The summed E-state index contributed by atoms with van der Waals surface area (Å²) in [6.45, 7) is 2.93. The Labute approximate surface area is 180 Å². The Hall–Kier alpha value is -4.15. The van der Waals surface area contributed by atoms with Gasteiger partial charge in [-0.1, -0.05) is 12.2 Å². The van der Waals surface area contributed by atoms with Gasteiger partial charge in [-0.2, -0.15) is 5.26 Å². The summed E-state index contributed by atoms with van der Waals surface area (Å²) in [7, 11) is 0. The van der Waals surface area contributed by atoms with Gasteiger partial charge in [-0.25, -0.2) is 0 Å². The molecule has 154 valence electrons. The zero-order chi connectivity index (χ0) is 21.6. The van der Waals surface area contributed by atoms with E-state index in [1.165, 1.54) is 0 Å². The minimum atomic E-state index is 0.432. The number of benzene rings is 1. The van der Waals surface area contributed by atoms with Crippen molar-refractivity contribution in [2.75, 3.05) is 18.5 Å². The van der Waals surface area contributed by atoms with Crippen LogP contribution in [0.5, 0.6) is 5.75 Å². The highest BCUT2D eigenvalue weighted by Gasteiger charge is 2.11. The second-order valence-corrected chi connectivity index (χ2v) is 6.99. The molecule has 0 bridgehead atoms. The first kappa shape index (κ1) is 20.1. The van der Waals surface area contributed by atoms with Crippen molar-refractivity contribution in [2.24, 2.45) is 5.73 Å². The lowest BCUT2D eigenvalue weighted by molar-refractivity contribution is 0.327. The van der Waals surface area contributed by atoms with Crippen LogP contribution in [0.1, 0.15) is 22.3 Å². The van der Waals surface area contributed by atoms with E-state index in [1.807, 2.05) is 42.6 Å². The molecule has 4 aromatic rings. The Balaban J connectivity index is 1.67. The van der Waals surface area contributed by atoms with Crippen molar-refractivity contribution in [2.45, 2.75) is 6.92 Å². The fourth-order valence-corrected chi connectivity index (χ4v) is 3.35. The fourth-order valence-electron chi connectivity index (χ4n) is 3.35. The lowest BCUT2D eigenvalue weighted by Crippen LogP contribution is -2.10. The van der Waals surface area contributed by atoms with Crippen LogP contribution in [0.3, 0.4) is 0 Å².